The van der Waals surface area contributed by atoms with Crippen LogP contribution in [0.25, 0.3) is 0 Å². The topological polar surface area (TPSA) is 60.2 Å². The lowest BCUT2D eigenvalue weighted by molar-refractivity contribution is 0.583. The van der Waals surface area contributed by atoms with Crippen molar-refractivity contribution in [2.75, 3.05) is 18.6 Å². The first-order valence-corrected chi connectivity index (χ1v) is 7.61. The summed E-state index contributed by atoms with van der Waals surface area (Å²) in [5.74, 6) is -0.0111. The molecule has 0 aliphatic rings. The molecule has 0 bridgehead atoms. The second-order valence-corrected chi connectivity index (χ2v) is 6.52. The quantitative estimate of drug-likeness (QED) is 0.845. The molecule has 0 spiro atoms. The third-order valence-electron chi connectivity index (χ3n) is 2.69. The van der Waals surface area contributed by atoms with E-state index in [-0.39, 0.29) is 17.5 Å². The molecule has 5 heteroatoms. The summed E-state index contributed by atoms with van der Waals surface area (Å²) in [6.45, 7) is 0.440. The Morgan fingerprint density at radius 2 is 1.88 bits per heavy atom. The molecule has 0 amide bonds. The van der Waals surface area contributed by atoms with Crippen LogP contribution in [0.4, 0.5) is 4.39 Å². The molecule has 96 valence electrons. The minimum Gasteiger partial charge on any atom is -0.330 e. The van der Waals surface area contributed by atoms with E-state index in [4.69, 9.17) is 5.73 Å². The number of rotatable bonds is 6. The first-order valence-electron chi connectivity index (χ1n) is 5.55. The van der Waals surface area contributed by atoms with Crippen LogP contribution in [0.3, 0.4) is 0 Å². The van der Waals surface area contributed by atoms with Gasteiger partial charge in [-0.3, -0.25) is 0 Å². The van der Waals surface area contributed by atoms with E-state index in [1.54, 1.807) is 12.1 Å². The molecule has 1 aromatic rings. The van der Waals surface area contributed by atoms with Crippen LogP contribution >= 0.6 is 0 Å². The van der Waals surface area contributed by atoms with E-state index in [9.17, 15) is 12.8 Å². The van der Waals surface area contributed by atoms with Crippen LogP contribution in [0.1, 0.15) is 24.3 Å². The number of hydrogen-bond donors (Lipinski definition) is 1. The zero-order chi connectivity index (χ0) is 12.9. The Morgan fingerprint density at radius 1 is 1.29 bits per heavy atom. The summed E-state index contributed by atoms with van der Waals surface area (Å²) in [6.07, 6.45) is 2.51. The van der Waals surface area contributed by atoms with Crippen LogP contribution in [0.15, 0.2) is 24.3 Å². The van der Waals surface area contributed by atoms with Gasteiger partial charge < -0.3 is 5.73 Å². The second-order valence-electron chi connectivity index (χ2n) is 4.26. The Kier molecular flexibility index (Phi) is 5.08. The average molecular weight is 259 g/mol. The Labute approximate surface area is 102 Å². The highest BCUT2D eigenvalue weighted by Crippen LogP contribution is 2.20. The molecule has 0 aliphatic heterocycles. The number of sulfone groups is 1. The zero-order valence-electron chi connectivity index (χ0n) is 9.90. The molecule has 1 atom stereocenters. The fourth-order valence-corrected chi connectivity index (χ4v) is 2.44. The van der Waals surface area contributed by atoms with Crippen LogP contribution in [0, 0.1) is 5.82 Å². The van der Waals surface area contributed by atoms with E-state index >= 15 is 0 Å². The summed E-state index contributed by atoms with van der Waals surface area (Å²) < 4.78 is 34.8. The van der Waals surface area contributed by atoms with E-state index in [1.807, 2.05) is 0 Å². The predicted octanol–water partition coefficient (Wildman–Crippen LogP) is 1.69. The first-order chi connectivity index (χ1) is 7.92. The van der Waals surface area contributed by atoms with Crippen LogP contribution in [0.5, 0.6) is 0 Å². The van der Waals surface area contributed by atoms with Crippen molar-refractivity contribution in [3.63, 3.8) is 0 Å². The monoisotopic (exact) mass is 259 g/mol. The van der Waals surface area contributed by atoms with Crippen molar-refractivity contribution in [2.45, 2.75) is 18.8 Å². The fraction of sp³-hybridized carbons (Fsp3) is 0.500. The third kappa shape index (κ3) is 5.28. The van der Waals surface area contributed by atoms with Gasteiger partial charge in [-0.15, -0.1) is 0 Å². The molecular formula is C12H18FNO2S. The molecule has 1 unspecified atom stereocenters. The van der Waals surface area contributed by atoms with Gasteiger partial charge >= 0.3 is 0 Å². The Bertz CT molecular complexity index is 442. The van der Waals surface area contributed by atoms with Gasteiger partial charge in [0.15, 0.2) is 0 Å². The van der Waals surface area contributed by atoms with Crippen molar-refractivity contribution in [1.82, 2.24) is 0 Å². The molecule has 0 aliphatic carbocycles. The number of halogens is 1. The van der Waals surface area contributed by atoms with Gasteiger partial charge in [-0.25, -0.2) is 12.8 Å². The van der Waals surface area contributed by atoms with Gasteiger partial charge in [-0.2, -0.15) is 0 Å². The number of nitrogens with two attached hydrogens (primary N) is 1. The summed E-state index contributed by atoms with van der Waals surface area (Å²) in [4.78, 5) is 0. The zero-order valence-corrected chi connectivity index (χ0v) is 10.7. The van der Waals surface area contributed by atoms with Crippen molar-refractivity contribution in [3.05, 3.63) is 35.6 Å². The van der Waals surface area contributed by atoms with Crippen molar-refractivity contribution in [1.29, 1.82) is 0 Å². The molecule has 0 aromatic heterocycles. The molecule has 0 radical (unpaired) electrons. The van der Waals surface area contributed by atoms with E-state index in [1.165, 1.54) is 18.4 Å². The molecule has 2 N–H and O–H groups in total. The minimum atomic E-state index is -2.92. The van der Waals surface area contributed by atoms with Gasteiger partial charge in [-0.1, -0.05) is 12.1 Å². The molecule has 17 heavy (non-hydrogen) atoms. The lowest BCUT2D eigenvalue weighted by atomic mass is 9.95. The van der Waals surface area contributed by atoms with E-state index in [2.05, 4.69) is 0 Å². The van der Waals surface area contributed by atoms with Crippen LogP contribution in [-0.2, 0) is 9.84 Å². The van der Waals surface area contributed by atoms with E-state index in [0.717, 1.165) is 5.56 Å². The van der Waals surface area contributed by atoms with Gasteiger partial charge in [0.25, 0.3) is 0 Å². The maximum absolute atomic E-state index is 12.8. The van der Waals surface area contributed by atoms with E-state index < -0.39 is 9.84 Å². The Balaban J connectivity index is 2.57. The maximum Gasteiger partial charge on any atom is 0.147 e. The van der Waals surface area contributed by atoms with Crippen molar-refractivity contribution < 1.29 is 12.8 Å². The first kappa shape index (κ1) is 14.1. The maximum atomic E-state index is 12.8. The summed E-state index contributed by atoms with van der Waals surface area (Å²) in [5.41, 5.74) is 6.61. The molecule has 0 saturated heterocycles. The van der Waals surface area contributed by atoms with Gasteiger partial charge in [0.1, 0.15) is 15.7 Å². The van der Waals surface area contributed by atoms with Crippen molar-refractivity contribution in [3.8, 4) is 0 Å². The van der Waals surface area contributed by atoms with Crippen LogP contribution < -0.4 is 5.73 Å². The highest BCUT2D eigenvalue weighted by molar-refractivity contribution is 7.90. The number of hydrogen-bond acceptors (Lipinski definition) is 3. The summed E-state index contributed by atoms with van der Waals surface area (Å²) in [5, 5.41) is 0. The van der Waals surface area contributed by atoms with Gasteiger partial charge in [0.2, 0.25) is 0 Å². The van der Waals surface area contributed by atoms with Gasteiger partial charge in [0, 0.05) is 12.0 Å². The summed E-state index contributed by atoms with van der Waals surface area (Å²) in [6, 6.07) is 6.20. The van der Waals surface area contributed by atoms with E-state index in [0.29, 0.717) is 19.4 Å². The van der Waals surface area contributed by atoms with Crippen molar-refractivity contribution >= 4 is 9.84 Å². The third-order valence-corrected chi connectivity index (χ3v) is 3.72. The SMILES string of the molecule is CS(=O)(=O)CCCC(CN)c1ccc(F)cc1. The average Bonchev–Trinajstić information content (AvgIpc) is 2.24. The molecule has 1 aromatic carbocycles. The molecule has 3 nitrogen and oxygen atoms in total. The standard InChI is InChI=1S/C12H18FNO2S/c1-17(15,16)8-2-3-11(9-14)10-4-6-12(13)7-5-10/h4-7,11H,2-3,8-9,14H2,1H3. The summed E-state index contributed by atoms with van der Waals surface area (Å²) in [7, 11) is -2.92. The largest absolute Gasteiger partial charge is 0.330 e. The lowest BCUT2D eigenvalue weighted by Gasteiger charge is -2.14. The molecule has 0 heterocycles. The summed E-state index contributed by atoms with van der Waals surface area (Å²) >= 11 is 0. The second kappa shape index (κ2) is 6.12. The fourth-order valence-electron chi connectivity index (χ4n) is 1.75. The number of benzene rings is 1. The Morgan fingerprint density at radius 3 is 2.35 bits per heavy atom. The van der Waals surface area contributed by atoms with Crippen LogP contribution in [-0.4, -0.2) is 27.0 Å². The smallest absolute Gasteiger partial charge is 0.147 e. The van der Waals surface area contributed by atoms with Crippen molar-refractivity contribution in [2.24, 2.45) is 5.73 Å². The Hall–Kier alpha value is -0.940. The minimum absolute atomic E-state index is 0.0948. The highest BCUT2D eigenvalue weighted by Gasteiger charge is 2.11. The molecule has 0 saturated carbocycles. The van der Waals surface area contributed by atoms with Crippen LogP contribution in [0.2, 0.25) is 0 Å². The van der Waals surface area contributed by atoms with Gasteiger partial charge in [-0.05, 0) is 43.0 Å². The molecule has 0 fully saturated rings. The highest BCUT2D eigenvalue weighted by atomic mass is 32.2. The predicted molar refractivity (Wildman–Crippen MR) is 67.1 cm³/mol. The lowest BCUT2D eigenvalue weighted by Crippen LogP contribution is -2.14. The molecule has 1 rings (SSSR count). The van der Waals surface area contributed by atoms with Gasteiger partial charge in [0.05, 0.1) is 0 Å². The molecular weight excluding hydrogens is 241 g/mol. The normalized spacial score (nSPS) is 13.6.